The summed E-state index contributed by atoms with van der Waals surface area (Å²) in [5.41, 5.74) is 1.16. The summed E-state index contributed by atoms with van der Waals surface area (Å²) in [5.74, 6) is 4.16. The van der Waals surface area contributed by atoms with Crippen LogP contribution in [0, 0.1) is 17.8 Å². The fraction of sp³-hybridized carbons (Fsp3) is 0.625. The number of hydrogen-bond acceptors (Lipinski definition) is 2. The van der Waals surface area contributed by atoms with Crippen molar-refractivity contribution in [3.8, 4) is 11.5 Å². The smallest absolute Gasteiger partial charge is 0.162 e. The van der Waals surface area contributed by atoms with Crippen molar-refractivity contribution in [2.24, 2.45) is 17.8 Å². The van der Waals surface area contributed by atoms with E-state index in [1.165, 1.54) is 25.7 Å². The Hall–Kier alpha value is -0.410. The van der Waals surface area contributed by atoms with Gasteiger partial charge in [0.25, 0.3) is 0 Å². The van der Waals surface area contributed by atoms with E-state index in [1.54, 1.807) is 0 Å². The summed E-state index contributed by atoms with van der Waals surface area (Å²) in [6.45, 7) is 1.23. The van der Waals surface area contributed by atoms with Crippen molar-refractivity contribution in [3.63, 3.8) is 0 Å². The van der Waals surface area contributed by atoms with E-state index in [1.807, 2.05) is 6.07 Å². The SMILES string of the molecule is Clc1cc2c(cc1C(Br)C1C3CCCCC31)OCCO2. The van der Waals surface area contributed by atoms with Gasteiger partial charge < -0.3 is 9.47 Å². The average molecular weight is 358 g/mol. The first kappa shape index (κ1) is 13.3. The van der Waals surface area contributed by atoms with E-state index >= 15 is 0 Å². The largest absolute Gasteiger partial charge is 0.486 e. The number of halogens is 2. The first-order valence-corrected chi connectivity index (χ1v) is 8.78. The van der Waals surface area contributed by atoms with Crippen molar-refractivity contribution in [3.05, 3.63) is 22.7 Å². The maximum absolute atomic E-state index is 6.46. The molecule has 0 amide bonds. The van der Waals surface area contributed by atoms with E-state index in [0.717, 1.165) is 39.8 Å². The fourth-order valence-corrected chi connectivity index (χ4v) is 5.55. The minimum absolute atomic E-state index is 0.346. The van der Waals surface area contributed by atoms with Crippen LogP contribution in [0.2, 0.25) is 5.02 Å². The number of ether oxygens (including phenoxy) is 2. The van der Waals surface area contributed by atoms with Crippen LogP contribution < -0.4 is 9.47 Å². The Kier molecular flexibility index (Phi) is 3.38. The zero-order chi connectivity index (χ0) is 13.7. The zero-order valence-corrected chi connectivity index (χ0v) is 13.6. The highest BCUT2D eigenvalue weighted by Gasteiger charge is 2.54. The quantitative estimate of drug-likeness (QED) is 0.695. The molecular formula is C16H18BrClO2. The van der Waals surface area contributed by atoms with E-state index in [2.05, 4.69) is 22.0 Å². The number of rotatable bonds is 2. The first-order valence-electron chi connectivity index (χ1n) is 7.49. The molecule has 3 aliphatic rings. The Labute approximate surface area is 132 Å². The van der Waals surface area contributed by atoms with Gasteiger partial charge in [0, 0.05) is 15.9 Å². The van der Waals surface area contributed by atoms with Gasteiger partial charge in [-0.2, -0.15) is 0 Å². The van der Waals surface area contributed by atoms with Gasteiger partial charge in [0.05, 0.1) is 0 Å². The van der Waals surface area contributed by atoms with Crippen LogP contribution in [0.25, 0.3) is 0 Å². The first-order chi connectivity index (χ1) is 9.75. The highest BCUT2D eigenvalue weighted by Crippen LogP contribution is 2.63. The lowest BCUT2D eigenvalue weighted by Crippen LogP contribution is -2.15. The molecule has 0 radical (unpaired) electrons. The van der Waals surface area contributed by atoms with Gasteiger partial charge in [-0.15, -0.1) is 0 Å². The van der Waals surface area contributed by atoms with Gasteiger partial charge in [-0.25, -0.2) is 0 Å². The Morgan fingerprint density at radius 3 is 2.30 bits per heavy atom. The Bertz CT molecular complexity index is 521. The maximum Gasteiger partial charge on any atom is 0.162 e. The Morgan fingerprint density at radius 2 is 1.65 bits per heavy atom. The minimum Gasteiger partial charge on any atom is -0.486 e. The van der Waals surface area contributed by atoms with Crippen LogP contribution in [0.5, 0.6) is 11.5 Å². The van der Waals surface area contributed by atoms with Crippen LogP contribution in [0.15, 0.2) is 12.1 Å². The predicted octanol–water partition coefficient (Wildman–Crippen LogP) is 4.98. The molecule has 0 spiro atoms. The van der Waals surface area contributed by atoms with Crippen molar-refractivity contribution in [1.82, 2.24) is 0 Å². The molecule has 2 saturated carbocycles. The van der Waals surface area contributed by atoms with Crippen molar-refractivity contribution >= 4 is 27.5 Å². The van der Waals surface area contributed by atoms with Crippen molar-refractivity contribution in [2.75, 3.05) is 13.2 Å². The highest BCUT2D eigenvalue weighted by atomic mass is 79.9. The monoisotopic (exact) mass is 356 g/mol. The number of benzene rings is 1. The normalized spacial score (nSPS) is 32.4. The summed E-state index contributed by atoms with van der Waals surface area (Å²) in [5, 5.41) is 0.791. The van der Waals surface area contributed by atoms with Crippen molar-refractivity contribution in [2.45, 2.75) is 30.5 Å². The molecule has 108 valence electrons. The van der Waals surface area contributed by atoms with Crippen LogP contribution in [0.3, 0.4) is 0 Å². The third kappa shape index (κ3) is 2.14. The van der Waals surface area contributed by atoms with Gasteiger partial charge in [-0.05, 0) is 42.2 Å². The van der Waals surface area contributed by atoms with Gasteiger partial charge in [-0.3, -0.25) is 0 Å². The van der Waals surface area contributed by atoms with Gasteiger partial charge in [-0.1, -0.05) is 40.4 Å². The lowest BCUT2D eigenvalue weighted by Gasteiger charge is -2.21. The molecule has 1 aliphatic heterocycles. The molecule has 3 atom stereocenters. The third-order valence-electron chi connectivity index (χ3n) is 5.02. The van der Waals surface area contributed by atoms with E-state index in [-0.39, 0.29) is 0 Å². The van der Waals surface area contributed by atoms with Crippen LogP contribution in [0.4, 0.5) is 0 Å². The molecule has 2 nitrogen and oxygen atoms in total. The van der Waals surface area contributed by atoms with Gasteiger partial charge in [0.1, 0.15) is 13.2 Å². The molecule has 20 heavy (non-hydrogen) atoms. The molecule has 4 heteroatoms. The second-order valence-corrected chi connectivity index (χ2v) is 7.50. The minimum atomic E-state index is 0.346. The molecular weight excluding hydrogens is 340 g/mol. The number of alkyl halides is 1. The number of hydrogen-bond donors (Lipinski definition) is 0. The van der Waals surface area contributed by atoms with E-state index < -0.39 is 0 Å². The van der Waals surface area contributed by atoms with Crippen LogP contribution >= 0.6 is 27.5 Å². The standard InChI is InChI=1S/C16H18BrClO2/c17-16(15-9-3-1-2-4-10(9)15)11-7-13-14(8-12(11)18)20-6-5-19-13/h7-10,15-16H,1-6H2. The summed E-state index contributed by atoms with van der Waals surface area (Å²) >= 11 is 10.4. The average Bonchev–Trinajstić information content (AvgIpc) is 3.20. The van der Waals surface area contributed by atoms with E-state index in [9.17, 15) is 0 Å². The molecule has 3 unspecified atom stereocenters. The van der Waals surface area contributed by atoms with Crippen LogP contribution in [-0.4, -0.2) is 13.2 Å². The van der Waals surface area contributed by atoms with E-state index in [0.29, 0.717) is 18.0 Å². The van der Waals surface area contributed by atoms with Crippen molar-refractivity contribution in [1.29, 1.82) is 0 Å². The summed E-state index contributed by atoms with van der Waals surface area (Å²) in [6, 6.07) is 3.98. The zero-order valence-electron chi connectivity index (χ0n) is 11.3. The third-order valence-corrected chi connectivity index (χ3v) is 6.45. The second kappa shape index (κ2) is 5.10. The molecule has 0 aromatic heterocycles. The fourth-order valence-electron chi connectivity index (χ4n) is 3.98. The van der Waals surface area contributed by atoms with Crippen LogP contribution in [0.1, 0.15) is 36.1 Å². The summed E-state index contributed by atoms with van der Waals surface area (Å²) in [6.07, 6.45) is 5.57. The molecule has 2 aliphatic carbocycles. The molecule has 0 N–H and O–H groups in total. The molecule has 0 bridgehead atoms. The molecule has 2 fully saturated rings. The molecule has 1 heterocycles. The Morgan fingerprint density at radius 1 is 1.05 bits per heavy atom. The van der Waals surface area contributed by atoms with Crippen molar-refractivity contribution < 1.29 is 9.47 Å². The molecule has 1 aromatic rings. The van der Waals surface area contributed by atoms with Gasteiger partial charge in [0.2, 0.25) is 0 Å². The van der Waals surface area contributed by atoms with Gasteiger partial charge >= 0.3 is 0 Å². The van der Waals surface area contributed by atoms with Crippen LogP contribution in [-0.2, 0) is 0 Å². The topological polar surface area (TPSA) is 18.5 Å². The summed E-state index contributed by atoms with van der Waals surface area (Å²) in [4.78, 5) is 0.346. The van der Waals surface area contributed by atoms with E-state index in [4.69, 9.17) is 21.1 Å². The van der Waals surface area contributed by atoms with Gasteiger partial charge in [0.15, 0.2) is 11.5 Å². The molecule has 4 rings (SSSR count). The molecule has 0 saturated heterocycles. The Balaban J connectivity index is 1.61. The number of fused-ring (bicyclic) bond motifs is 2. The predicted molar refractivity (Wildman–Crippen MR) is 83.0 cm³/mol. The summed E-state index contributed by atoms with van der Waals surface area (Å²) < 4.78 is 11.3. The second-order valence-electron chi connectivity index (χ2n) is 6.11. The lowest BCUT2D eigenvalue weighted by molar-refractivity contribution is 0.171. The lowest BCUT2D eigenvalue weighted by atomic mass is 10.0. The summed E-state index contributed by atoms with van der Waals surface area (Å²) in [7, 11) is 0. The highest BCUT2D eigenvalue weighted by molar-refractivity contribution is 9.09. The molecule has 1 aromatic carbocycles. The maximum atomic E-state index is 6.46.